The van der Waals surface area contributed by atoms with E-state index in [2.05, 4.69) is 5.32 Å². The van der Waals surface area contributed by atoms with Crippen molar-refractivity contribution in [3.63, 3.8) is 0 Å². The molecular weight excluding hydrogens is 447 g/mol. The van der Waals surface area contributed by atoms with Crippen molar-refractivity contribution in [2.24, 2.45) is 0 Å². The summed E-state index contributed by atoms with van der Waals surface area (Å²) in [7, 11) is 0. The van der Waals surface area contributed by atoms with Crippen LogP contribution in [-0.2, 0) is 15.8 Å². The zero-order valence-electron chi connectivity index (χ0n) is 13.4. The number of halogens is 7. The van der Waals surface area contributed by atoms with Crippen molar-refractivity contribution in [3.05, 3.63) is 68.6 Å². The zero-order valence-corrected chi connectivity index (χ0v) is 15.6. The van der Waals surface area contributed by atoms with Crippen molar-refractivity contribution in [2.45, 2.75) is 6.18 Å². The molecule has 2 aromatic carbocycles. The molecule has 1 aliphatic rings. The second-order valence-electron chi connectivity index (χ2n) is 5.55. The lowest BCUT2D eigenvalue weighted by molar-refractivity contribution is -0.137. The largest absolute Gasteiger partial charge is 0.416 e. The van der Waals surface area contributed by atoms with Crippen LogP contribution in [0.1, 0.15) is 5.56 Å². The SMILES string of the molecule is O=C1C(Cl)=C(Nc2ccc(F)c(Cl)c2)C(=O)N1c1cc(C(F)(F)F)ccc1Cl. The number of anilines is 2. The average Bonchev–Trinajstić information content (AvgIpc) is 2.81. The highest BCUT2D eigenvalue weighted by molar-refractivity contribution is 6.53. The summed E-state index contributed by atoms with van der Waals surface area (Å²) in [5, 5.41) is 1.44. The number of amides is 2. The summed E-state index contributed by atoms with van der Waals surface area (Å²) >= 11 is 17.5. The maximum absolute atomic E-state index is 13.3. The lowest BCUT2D eigenvalue weighted by Gasteiger charge is -2.18. The second-order valence-corrected chi connectivity index (χ2v) is 6.74. The second kappa shape index (κ2) is 7.27. The smallest absolute Gasteiger partial charge is 0.350 e. The van der Waals surface area contributed by atoms with Gasteiger partial charge in [-0.1, -0.05) is 34.8 Å². The zero-order chi connectivity index (χ0) is 20.8. The molecule has 0 aromatic heterocycles. The van der Waals surface area contributed by atoms with Crippen molar-refractivity contribution in [1.82, 2.24) is 0 Å². The van der Waals surface area contributed by atoms with Crippen molar-refractivity contribution < 1.29 is 27.2 Å². The monoisotopic (exact) mass is 452 g/mol. The molecule has 28 heavy (non-hydrogen) atoms. The van der Waals surface area contributed by atoms with Gasteiger partial charge in [0, 0.05) is 5.69 Å². The number of carbonyl (C=O) groups excluding carboxylic acids is 2. The van der Waals surface area contributed by atoms with Crippen LogP contribution in [0.4, 0.5) is 28.9 Å². The van der Waals surface area contributed by atoms with Crippen LogP contribution in [0.5, 0.6) is 0 Å². The van der Waals surface area contributed by atoms with Crippen molar-refractivity contribution in [3.8, 4) is 0 Å². The molecule has 11 heteroatoms. The number of imide groups is 1. The first kappa shape index (κ1) is 20.4. The fourth-order valence-corrected chi connectivity index (χ4v) is 3.00. The van der Waals surface area contributed by atoms with Gasteiger partial charge in [0.1, 0.15) is 16.5 Å². The molecule has 0 bridgehead atoms. The summed E-state index contributed by atoms with van der Waals surface area (Å²) in [6, 6.07) is 5.59. The van der Waals surface area contributed by atoms with E-state index in [1.165, 1.54) is 6.07 Å². The van der Waals surface area contributed by atoms with Crippen LogP contribution in [0.15, 0.2) is 47.1 Å². The summed E-state index contributed by atoms with van der Waals surface area (Å²) in [5.41, 5.74) is -1.85. The summed E-state index contributed by atoms with van der Waals surface area (Å²) in [4.78, 5) is 25.5. The van der Waals surface area contributed by atoms with E-state index in [1.807, 2.05) is 0 Å². The molecule has 4 nitrogen and oxygen atoms in total. The Labute approximate surface area is 170 Å². The Balaban J connectivity index is 1.98. The van der Waals surface area contributed by atoms with E-state index in [9.17, 15) is 27.2 Å². The minimum Gasteiger partial charge on any atom is -0.350 e. The molecule has 0 radical (unpaired) electrons. The van der Waals surface area contributed by atoms with E-state index in [1.54, 1.807) is 0 Å². The lowest BCUT2D eigenvalue weighted by Crippen LogP contribution is -2.32. The molecule has 0 saturated carbocycles. The van der Waals surface area contributed by atoms with Gasteiger partial charge in [0.15, 0.2) is 0 Å². The number of rotatable bonds is 3. The van der Waals surface area contributed by atoms with Crippen LogP contribution in [0.3, 0.4) is 0 Å². The van der Waals surface area contributed by atoms with E-state index in [4.69, 9.17) is 34.8 Å². The molecular formula is C17H7Cl3F4N2O2. The van der Waals surface area contributed by atoms with Crippen LogP contribution in [0, 0.1) is 5.82 Å². The van der Waals surface area contributed by atoms with Gasteiger partial charge < -0.3 is 5.32 Å². The molecule has 2 amide bonds. The van der Waals surface area contributed by atoms with Crippen molar-refractivity contribution in [1.29, 1.82) is 0 Å². The van der Waals surface area contributed by atoms with Gasteiger partial charge in [-0.05, 0) is 36.4 Å². The Morgan fingerprint density at radius 2 is 1.57 bits per heavy atom. The molecule has 3 rings (SSSR count). The molecule has 1 aliphatic heterocycles. The van der Waals surface area contributed by atoms with Crippen LogP contribution < -0.4 is 10.2 Å². The fourth-order valence-electron chi connectivity index (χ4n) is 2.41. The standard InChI is InChI=1S/C17H7Cl3F4N2O2/c18-9-3-1-7(17(22,23)24)5-12(9)26-15(27)13(20)14(16(26)28)25-8-2-4-11(21)10(19)6-8/h1-6,25H. The van der Waals surface area contributed by atoms with Crippen molar-refractivity contribution in [2.75, 3.05) is 10.2 Å². The van der Waals surface area contributed by atoms with Gasteiger partial charge in [0.2, 0.25) is 0 Å². The minimum atomic E-state index is -4.71. The van der Waals surface area contributed by atoms with Crippen molar-refractivity contribution >= 4 is 58.0 Å². The first-order valence-electron chi connectivity index (χ1n) is 7.38. The first-order valence-corrected chi connectivity index (χ1v) is 8.51. The Hall–Kier alpha value is -2.29. The molecule has 2 aromatic rings. The summed E-state index contributed by atoms with van der Waals surface area (Å²) < 4.78 is 52.2. The molecule has 0 fully saturated rings. The normalized spacial score (nSPS) is 14.9. The maximum Gasteiger partial charge on any atom is 0.416 e. The third-order valence-corrected chi connectivity index (χ3v) is 4.69. The number of benzene rings is 2. The molecule has 146 valence electrons. The number of nitrogens with one attached hydrogen (secondary N) is 1. The van der Waals surface area contributed by atoms with Crippen LogP contribution in [0.2, 0.25) is 10.0 Å². The topological polar surface area (TPSA) is 49.4 Å². The van der Waals surface area contributed by atoms with E-state index >= 15 is 0 Å². The summed E-state index contributed by atoms with van der Waals surface area (Å²) in [6.45, 7) is 0. The maximum atomic E-state index is 13.3. The van der Waals surface area contributed by atoms with E-state index < -0.39 is 45.8 Å². The Morgan fingerprint density at radius 1 is 0.893 bits per heavy atom. The van der Waals surface area contributed by atoms with Gasteiger partial charge in [-0.15, -0.1) is 0 Å². The predicted molar refractivity (Wildman–Crippen MR) is 96.9 cm³/mol. The Morgan fingerprint density at radius 3 is 2.18 bits per heavy atom. The number of nitrogens with zero attached hydrogens (tertiary/aromatic N) is 1. The number of hydrogen-bond acceptors (Lipinski definition) is 3. The Bertz CT molecular complexity index is 1040. The molecule has 0 atom stereocenters. The van der Waals surface area contributed by atoms with Crippen LogP contribution >= 0.6 is 34.8 Å². The van der Waals surface area contributed by atoms with E-state index in [0.717, 1.165) is 18.2 Å². The van der Waals surface area contributed by atoms with E-state index in [0.29, 0.717) is 17.0 Å². The predicted octanol–water partition coefficient (Wildman–Crippen LogP) is 5.59. The third-order valence-electron chi connectivity index (χ3n) is 3.73. The lowest BCUT2D eigenvalue weighted by atomic mass is 10.2. The van der Waals surface area contributed by atoms with Gasteiger partial charge in [-0.25, -0.2) is 9.29 Å². The minimum absolute atomic E-state index is 0.137. The van der Waals surface area contributed by atoms with Gasteiger partial charge in [-0.3, -0.25) is 9.59 Å². The van der Waals surface area contributed by atoms with E-state index in [-0.39, 0.29) is 15.7 Å². The molecule has 0 saturated heterocycles. The van der Waals surface area contributed by atoms with Gasteiger partial charge in [-0.2, -0.15) is 13.2 Å². The first-order chi connectivity index (χ1) is 13.0. The summed E-state index contributed by atoms with van der Waals surface area (Å²) in [5.74, 6) is -2.81. The van der Waals surface area contributed by atoms with Gasteiger partial charge in [0.25, 0.3) is 11.8 Å². The summed E-state index contributed by atoms with van der Waals surface area (Å²) in [6.07, 6.45) is -4.71. The molecule has 1 heterocycles. The molecule has 1 N–H and O–H groups in total. The van der Waals surface area contributed by atoms with Gasteiger partial charge in [0.05, 0.1) is 21.3 Å². The molecule has 0 aliphatic carbocycles. The highest BCUT2D eigenvalue weighted by atomic mass is 35.5. The quantitative estimate of drug-likeness (QED) is 0.487. The van der Waals surface area contributed by atoms with Crippen LogP contribution in [-0.4, -0.2) is 11.8 Å². The highest BCUT2D eigenvalue weighted by Crippen LogP contribution is 2.39. The third kappa shape index (κ3) is 3.67. The molecule has 0 unspecified atom stereocenters. The Kier molecular flexibility index (Phi) is 5.31. The average molecular weight is 454 g/mol. The molecule has 0 spiro atoms. The van der Waals surface area contributed by atoms with Gasteiger partial charge >= 0.3 is 6.18 Å². The number of carbonyl (C=O) groups is 2. The highest BCUT2D eigenvalue weighted by Gasteiger charge is 2.41. The number of alkyl halides is 3. The number of hydrogen-bond donors (Lipinski definition) is 1. The van der Waals surface area contributed by atoms with Crippen LogP contribution in [0.25, 0.3) is 0 Å². The fraction of sp³-hybridized carbons (Fsp3) is 0.0588.